The van der Waals surface area contributed by atoms with Crippen molar-refractivity contribution in [2.24, 2.45) is 13.0 Å². The van der Waals surface area contributed by atoms with E-state index in [1.807, 2.05) is 28.6 Å². The molecule has 2 aromatic carbocycles. The van der Waals surface area contributed by atoms with E-state index in [1.165, 1.54) is 17.2 Å². The quantitative estimate of drug-likeness (QED) is 0.491. The standard InChI is InChI=1S/C26H25FN4O/c1-30-14-19-10-9-18(11-22(19)29-30)16-5-7-17(8-6-16)25(32)12-23-26-20(3-2-4-21(26)27)24-13-28-15-31(23)24/h2-5,9-11,13-15,17,23,25,32H,6-8,12H2,1H3. The van der Waals surface area contributed by atoms with Gasteiger partial charge in [0, 0.05) is 29.8 Å². The Morgan fingerprint density at radius 1 is 1.25 bits per heavy atom. The van der Waals surface area contributed by atoms with Gasteiger partial charge in [0.15, 0.2) is 0 Å². The molecular weight excluding hydrogens is 403 g/mol. The van der Waals surface area contributed by atoms with Crippen LogP contribution in [0, 0.1) is 11.7 Å². The van der Waals surface area contributed by atoms with Gasteiger partial charge in [0.1, 0.15) is 5.82 Å². The summed E-state index contributed by atoms with van der Waals surface area (Å²) < 4.78 is 18.5. The fourth-order valence-electron chi connectivity index (χ4n) is 5.46. The molecule has 1 aliphatic heterocycles. The van der Waals surface area contributed by atoms with Crippen LogP contribution in [0.5, 0.6) is 0 Å². The molecule has 5 nitrogen and oxygen atoms in total. The van der Waals surface area contributed by atoms with Crippen LogP contribution in [0.3, 0.4) is 0 Å². The Morgan fingerprint density at radius 3 is 3.00 bits per heavy atom. The molecule has 3 heterocycles. The molecule has 162 valence electrons. The summed E-state index contributed by atoms with van der Waals surface area (Å²) in [5.41, 5.74) is 6.02. The number of nitrogens with zero attached hydrogens (tertiary/aromatic N) is 4. The number of benzene rings is 2. The molecule has 6 rings (SSSR count). The molecule has 0 spiro atoms. The van der Waals surface area contributed by atoms with Gasteiger partial charge in [0.25, 0.3) is 0 Å². The monoisotopic (exact) mass is 428 g/mol. The summed E-state index contributed by atoms with van der Waals surface area (Å²) in [6, 6.07) is 11.4. The van der Waals surface area contributed by atoms with Crippen molar-refractivity contribution in [3.63, 3.8) is 0 Å². The lowest BCUT2D eigenvalue weighted by atomic mass is 9.81. The summed E-state index contributed by atoms with van der Waals surface area (Å²) >= 11 is 0. The molecule has 0 saturated carbocycles. The van der Waals surface area contributed by atoms with E-state index < -0.39 is 6.10 Å². The van der Waals surface area contributed by atoms with Crippen molar-refractivity contribution in [2.45, 2.75) is 37.8 Å². The SMILES string of the molecule is Cn1cc2ccc(C3=CCC(C(O)CC4c5c(F)cccc5-c5cncn54)CC3)cc2n1. The van der Waals surface area contributed by atoms with Crippen molar-refractivity contribution in [3.8, 4) is 11.3 Å². The summed E-state index contributed by atoms with van der Waals surface area (Å²) in [6.45, 7) is 0. The Kier molecular flexibility index (Phi) is 4.50. The van der Waals surface area contributed by atoms with Gasteiger partial charge in [-0.2, -0.15) is 5.10 Å². The minimum absolute atomic E-state index is 0.167. The zero-order chi connectivity index (χ0) is 21.8. The minimum Gasteiger partial charge on any atom is -0.393 e. The van der Waals surface area contributed by atoms with Crippen LogP contribution in [0.1, 0.15) is 42.9 Å². The summed E-state index contributed by atoms with van der Waals surface area (Å²) in [5, 5.41) is 16.8. The van der Waals surface area contributed by atoms with E-state index in [-0.39, 0.29) is 17.8 Å². The third-order valence-electron chi connectivity index (χ3n) is 7.12. The molecular formula is C26H25FN4O. The fraction of sp³-hybridized carbons (Fsp3) is 0.308. The Balaban J connectivity index is 1.20. The van der Waals surface area contributed by atoms with E-state index >= 15 is 0 Å². The van der Waals surface area contributed by atoms with Gasteiger partial charge < -0.3 is 9.67 Å². The number of aryl methyl sites for hydroxylation is 1. The predicted octanol–water partition coefficient (Wildman–Crippen LogP) is 5.11. The van der Waals surface area contributed by atoms with Gasteiger partial charge in [-0.1, -0.05) is 30.3 Å². The maximum absolute atomic E-state index is 14.7. The number of allylic oxidation sites excluding steroid dienone is 2. The number of aromatic nitrogens is 4. The molecule has 32 heavy (non-hydrogen) atoms. The Morgan fingerprint density at radius 2 is 2.16 bits per heavy atom. The zero-order valence-electron chi connectivity index (χ0n) is 17.9. The number of imidazole rings is 1. The first-order valence-corrected chi connectivity index (χ1v) is 11.2. The smallest absolute Gasteiger partial charge is 0.129 e. The second-order valence-corrected chi connectivity index (χ2v) is 9.05. The minimum atomic E-state index is -0.503. The van der Waals surface area contributed by atoms with Crippen LogP contribution in [-0.4, -0.2) is 30.5 Å². The average Bonchev–Trinajstić information content (AvgIpc) is 3.49. The van der Waals surface area contributed by atoms with Crippen molar-refractivity contribution >= 4 is 16.5 Å². The van der Waals surface area contributed by atoms with Crippen LogP contribution >= 0.6 is 0 Å². The van der Waals surface area contributed by atoms with Crippen LogP contribution in [-0.2, 0) is 7.05 Å². The second-order valence-electron chi connectivity index (χ2n) is 9.05. The second kappa shape index (κ2) is 7.41. The molecule has 3 unspecified atom stereocenters. The van der Waals surface area contributed by atoms with Gasteiger partial charge in [-0.25, -0.2) is 9.37 Å². The zero-order valence-corrected chi connectivity index (χ0v) is 17.9. The van der Waals surface area contributed by atoms with Gasteiger partial charge in [-0.15, -0.1) is 0 Å². The number of aliphatic hydroxyl groups excluding tert-OH is 1. The normalized spacial score (nSPS) is 20.8. The summed E-state index contributed by atoms with van der Waals surface area (Å²) in [4.78, 5) is 4.25. The highest BCUT2D eigenvalue weighted by molar-refractivity contribution is 5.83. The van der Waals surface area contributed by atoms with E-state index in [0.29, 0.717) is 12.0 Å². The van der Waals surface area contributed by atoms with Crippen LogP contribution in [0.15, 0.2) is 61.2 Å². The van der Waals surface area contributed by atoms with E-state index in [9.17, 15) is 9.50 Å². The van der Waals surface area contributed by atoms with E-state index in [2.05, 4.69) is 34.4 Å². The first-order valence-electron chi connectivity index (χ1n) is 11.2. The predicted molar refractivity (Wildman–Crippen MR) is 122 cm³/mol. The van der Waals surface area contributed by atoms with Gasteiger partial charge in [0.2, 0.25) is 0 Å². The van der Waals surface area contributed by atoms with Gasteiger partial charge in [-0.05, 0) is 54.9 Å². The summed E-state index contributed by atoms with van der Waals surface area (Å²) in [5.74, 6) is -0.0423. The van der Waals surface area contributed by atoms with Gasteiger partial charge in [-0.3, -0.25) is 4.68 Å². The molecule has 1 aliphatic carbocycles. The van der Waals surface area contributed by atoms with E-state index in [4.69, 9.17) is 0 Å². The third-order valence-corrected chi connectivity index (χ3v) is 7.12. The van der Waals surface area contributed by atoms with Crippen molar-refractivity contribution < 1.29 is 9.50 Å². The molecule has 6 heteroatoms. The third kappa shape index (κ3) is 3.09. The number of rotatable bonds is 4. The van der Waals surface area contributed by atoms with Gasteiger partial charge >= 0.3 is 0 Å². The van der Waals surface area contributed by atoms with E-state index in [1.54, 1.807) is 18.6 Å². The maximum atomic E-state index is 14.7. The molecule has 2 aliphatic rings. The van der Waals surface area contributed by atoms with Crippen LogP contribution in [0.4, 0.5) is 4.39 Å². The largest absolute Gasteiger partial charge is 0.393 e. The summed E-state index contributed by atoms with van der Waals surface area (Å²) in [7, 11) is 1.94. The lowest BCUT2D eigenvalue weighted by Crippen LogP contribution is -2.26. The van der Waals surface area contributed by atoms with Crippen LogP contribution < -0.4 is 0 Å². The Bertz CT molecular complexity index is 1350. The van der Waals surface area contributed by atoms with Crippen LogP contribution in [0.2, 0.25) is 0 Å². The molecule has 1 N–H and O–H groups in total. The molecule has 0 bridgehead atoms. The van der Waals surface area contributed by atoms with Crippen molar-refractivity contribution in [3.05, 3.63) is 78.1 Å². The summed E-state index contributed by atoms with van der Waals surface area (Å²) in [6.07, 6.45) is 10.5. The lowest BCUT2D eigenvalue weighted by molar-refractivity contribution is 0.0841. The average molecular weight is 429 g/mol. The topological polar surface area (TPSA) is 55.9 Å². The highest BCUT2D eigenvalue weighted by atomic mass is 19.1. The van der Waals surface area contributed by atoms with Crippen molar-refractivity contribution in [1.82, 2.24) is 19.3 Å². The molecule has 0 amide bonds. The molecule has 3 atom stereocenters. The Labute approximate surface area is 185 Å². The fourth-order valence-corrected chi connectivity index (χ4v) is 5.46. The molecule has 2 aromatic heterocycles. The van der Waals surface area contributed by atoms with Gasteiger partial charge in [0.05, 0.1) is 35.9 Å². The number of hydrogen-bond donors (Lipinski definition) is 1. The number of halogens is 1. The number of fused-ring (bicyclic) bond motifs is 4. The first kappa shape index (κ1) is 19.4. The highest BCUT2D eigenvalue weighted by Crippen LogP contribution is 2.44. The highest BCUT2D eigenvalue weighted by Gasteiger charge is 2.34. The molecule has 0 saturated heterocycles. The Hall–Kier alpha value is -3.25. The molecule has 0 fully saturated rings. The number of aliphatic hydroxyl groups is 1. The maximum Gasteiger partial charge on any atom is 0.129 e. The first-order chi connectivity index (χ1) is 15.6. The molecule has 0 radical (unpaired) electrons. The lowest BCUT2D eigenvalue weighted by Gasteiger charge is -2.29. The van der Waals surface area contributed by atoms with Crippen molar-refractivity contribution in [1.29, 1.82) is 0 Å². The van der Waals surface area contributed by atoms with Crippen molar-refractivity contribution in [2.75, 3.05) is 0 Å². The molecule has 4 aromatic rings. The number of hydrogen-bond acceptors (Lipinski definition) is 3. The van der Waals surface area contributed by atoms with Crippen LogP contribution in [0.25, 0.3) is 27.7 Å². The van der Waals surface area contributed by atoms with E-state index in [0.717, 1.165) is 41.4 Å².